The van der Waals surface area contributed by atoms with Crippen molar-refractivity contribution in [2.45, 2.75) is 38.3 Å². The lowest BCUT2D eigenvalue weighted by atomic mass is 9.90. The van der Waals surface area contributed by atoms with Crippen molar-refractivity contribution in [2.24, 2.45) is 5.92 Å². The fraction of sp³-hybridized carbons (Fsp3) is 0.409. The minimum absolute atomic E-state index is 0.00104. The molecule has 0 saturated carbocycles. The Kier molecular flexibility index (Phi) is 5.54. The van der Waals surface area contributed by atoms with Crippen molar-refractivity contribution in [3.63, 3.8) is 0 Å². The Morgan fingerprint density at radius 2 is 1.52 bits per heavy atom. The van der Waals surface area contributed by atoms with Gasteiger partial charge in [-0.05, 0) is 18.1 Å². The molecule has 1 aliphatic rings. The van der Waals surface area contributed by atoms with E-state index < -0.39 is 0 Å². The smallest absolute Gasteiger partial charge is 0.318 e. The Morgan fingerprint density at radius 1 is 1.00 bits per heavy atom. The number of ether oxygens (including phenoxy) is 1. The fourth-order valence-corrected chi connectivity index (χ4v) is 3.76. The van der Waals surface area contributed by atoms with Gasteiger partial charge in [0.2, 0.25) is 0 Å². The maximum absolute atomic E-state index is 13.1. The van der Waals surface area contributed by atoms with Gasteiger partial charge in [0.05, 0.1) is 19.6 Å². The van der Waals surface area contributed by atoms with Crippen LogP contribution in [-0.2, 0) is 9.53 Å². The number of carbonyl (C=O) groups excluding carboxylic acids is 1. The van der Waals surface area contributed by atoms with Crippen LogP contribution in [0, 0.1) is 5.92 Å². The molecule has 0 radical (unpaired) electrons. The van der Waals surface area contributed by atoms with E-state index in [0.29, 0.717) is 12.0 Å². The molecule has 25 heavy (non-hydrogen) atoms. The van der Waals surface area contributed by atoms with Gasteiger partial charge in [0.1, 0.15) is 12.0 Å². The highest BCUT2D eigenvalue weighted by molar-refractivity contribution is 5.82. The summed E-state index contributed by atoms with van der Waals surface area (Å²) < 4.78 is 6.04. The van der Waals surface area contributed by atoms with Gasteiger partial charge in [-0.1, -0.05) is 67.6 Å². The molecule has 0 amide bonds. The van der Waals surface area contributed by atoms with Crippen molar-refractivity contribution >= 4 is 5.97 Å². The average molecular weight is 338 g/mol. The predicted molar refractivity (Wildman–Crippen MR) is 99.6 cm³/mol. The first-order chi connectivity index (χ1) is 12.1. The number of piperidine rings is 1. The second-order valence-corrected chi connectivity index (χ2v) is 7.39. The minimum Gasteiger partial charge on any atom is -0.461 e. The van der Waals surface area contributed by atoms with Crippen LogP contribution in [0.25, 0.3) is 0 Å². The Labute approximate surface area is 150 Å². The molecule has 0 aromatic heterocycles. The van der Waals surface area contributed by atoms with E-state index in [1.165, 1.54) is 4.90 Å². The van der Waals surface area contributed by atoms with Gasteiger partial charge in [0, 0.05) is 12.3 Å². The number of esters is 1. The van der Waals surface area contributed by atoms with E-state index in [9.17, 15) is 4.79 Å². The third-order valence-electron chi connectivity index (χ3n) is 5.47. The number of nitrogens with one attached hydrogen (secondary N) is 1. The highest BCUT2D eigenvalue weighted by atomic mass is 16.5. The van der Waals surface area contributed by atoms with Crippen molar-refractivity contribution < 1.29 is 14.4 Å². The molecule has 4 atom stereocenters. The molecule has 1 fully saturated rings. The van der Waals surface area contributed by atoms with Gasteiger partial charge in [-0.25, -0.2) is 0 Å². The first kappa shape index (κ1) is 17.7. The van der Waals surface area contributed by atoms with Crippen LogP contribution in [0.3, 0.4) is 0 Å². The lowest BCUT2D eigenvalue weighted by Crippen LogP contribution is -3.14. The van der Waals surface area contributed by atoms with Crippen molar-refractivity contribution in [3.05, 3.63) is 71.8 Å². The molecule has 1 saturated heterocycles. The number of hydrogen-bond donors (Lipinski definition) is 1. The van der Waals surface area contributed by atoms with Crippen molar-refractivity contribution in [1.29, 1.82) is 0 Å². The highest BCUT2D eigenvalue weighted by Gasteiger charge is 2.36. The van der Waals surface area contributed by atoms with E-state index in [-0.39, 0.29) is 18.0 Å². The molecule has 3 rings (SSSR count). The molecule has 0 bridgehead atoms. The standard InChI is InChI=1S/C22H27NO2/c1-16-15-23(3)17(2)14-20(16)25-22(24)21(18-10-6-4-7-11-18)19-12-8-5-9-13-19/h4-13,16-17,20-21H,14-15H2,1-3H3/p+1/t16-,17-,20-/m1/s1. The zero-order valence-electron chi connectivity index (χ0n) is 15.3. The van der Waals surface area contributed by atoms with Gasteiger partial charge in [0.15, 0.2) is 0 Å². The van der Waals surface area contributed by atoms with Crippen LogP contribution in [-0.4, -0.2) is 31.7 Å². The zero-order chi connectivity index (χ0) is 17.8. The lowest BCUT2D eigenvalue weighted by Gasteiger charge is -2.37. The molecule has 2 aromatic rings. The summed E-state index contributed by atoms with van der Waals surface area (Å²) in [6.07, 6.45) is 0.927. The van der Waals surface area contributed by atoms with E-state index in [1.807, 2.05) is 60.7 Å². The van der Waals surface area contributed by atoms with Crippen molar-refractivity contribution in [2.75, 3.05) is 13.6 Å². The zero-order valence-corrected chi connectivity index (χ0v) is 15.3. The van der Waals surface area contributed by atoms with Crippen LogP contribution < -0.4 is 4.90 Å². The Hall–Kier alpha value is -2.13. The van der Waals surface area contributed by atoms with Gasteiger partial charge in [-0.2, -0.15) is 0 Å². The molecule has 0 aliphatic carbocycles. The number of quaternary nitrogens is 1. The number of hydrogen-bond acceptors (Lipinski definition) is 2. The molecular formula is C22H28NO2+. The van der Waals surface area contributed by atoms with Crippen LogP contribution in [0.5, 0.6) is 0 Å². The summed E-state index contributed by atoms with van der Waals surface area (Å²) in [5.74, 6) is -0.120. The largest absolute Gasteiger partial charge is 0.461 e. The Bertz CT molecular complexity index is 646. The summed E-state index contributed by atoms with van der Waals surface area (Å²) in [5.41, 5.74) is 1.97. The fourth-order valence-electron chi connectivity index (χ4n) is 3.76. The molecule has 132 valence electrons. The molecular weight excluding hydrogens is 310 g/mol. The summed E-state index contributed by atoms with van der Waals surface area (Å²) in [7, 11) is 2.22. The predicted octanol–water partition coefficient (Wildman–Crippen LogP) is 2.67. The first-order valence-corrected chi connectivity index (χ1v) is 9.19. The molecule has 0 spiro atoms. The molecule has 1 N–H and O–H groups in total. The van der Waals surface area contributed by atoms with Gasteiger partial charge in [-0.15, -0.1) is 0 Å². The summed E-state index contributed by atoms with van der Waals surface area (Å²) in [5, 5.41) is 0. The highest BCUT2D eigenvalue weighted by Crippen LogP contribution is 2.28. The quantitative estimate of drug-likeness (QED) is 0.869. The van der Waals surface area contributed by atoms with E-state index in [2.05, 4.69) is 20.9 Å². The second-order valence-electron chi connectivity index (χ2n) is 7.39. The second kappa shape index (κ2) is 7.83. The summed E-state index contributed by atoms with van der Waals surface area (Å²) in [6, 6.07) is 20.4. The molecule has 1 heterocycles. The average Bonchev–Trinajstić information content (AvgIpc) is 2.62. The van der Waals surface area contributed by atoms with Gasteiger partial charge >= 0.3 is 5.97 Å². The van der Waals surface area contributed by atoms with Crippen LogP contribution >= 0.6 is 0 Å². The number of carbonyl (C=O) groups is 1. The van der Waals surface area contributed by atoms with E-state index in [1.54, 1.807) is 0 Å². The molecule has 3 heteroatoms. The van der Waals surface area contributed by atoms with Gasteiger partial charge in [-0.3, -0.25) is 4.79 Å². The maximum Gasteiger partial charge on any atom is 0.318 e. The van der Waals surface area contributed by atoms with Gasteiger partial charge < -0.3 is 9.64 Å². The van der Waals surface area contributed by atoms with Crippen LogP contribution in [0.15, 0.2) is 60.7 Å². The lowest BCUT2D eigenvalue weighted by molar-refractivity contribution is -0.914. The summed E-state index contributed by atoms with van der Waals surface area (Å²) in [6.45, 7) is 5.46. The Balaban J connectivity index is 1.83. The molecule has 2 aromatic carbocycles. The van der Waals surface area contributed by atoms with Crippen LogP contribution in [0.2, 0.25) is 0 Å². The monoisotopic (exact) mass is 338 g/mol. The summed E-state index contributed by atoms with van der Waals surface area (Å²) >= 11 is 0. The van der Waals surface area contributed by atoms with Crippen LogP contribution in [0.1, 0.15) is 37.3 Å². The van der Waals surface area contributed by atoms with Crippen molar-refractivity contribution in [1.82, 2.24) is 0 Å². The normalized spacial score (nSPS) is 26.4. The first-order valence-electron chi connectivity index (χ1n) is 9.19. The molecule has 1 aliphatic heterocycles. The molecule has 1 unspecified atom stereocenters. The third kappa shape index (κ3) is 4.10. The number of benzene rings is 2. The number of likely N-dealkylation sites (tertiary alicyclic amines) is 1. The summed E-state index contributed by atoms with van der Waals surface area (Å²) in [4.78, 5) is 14.6. The Morgan fingerprint density at radius 3 is 2.04 bits per heavy atom. The van der Waals surface area contributed by atoms with Crippen LogP contribution in [0.4, 0.5) is 0 Å². The van der Waals surface area contributed by atoms with E-state index >= 15 is 0 Å². The SMILES string of the molecule is C[C@@H]1C[NH+](C)[C@H](C)C[C@H]1OC(=O)C(c1ccccc1)c1ccccc1. The van der Waals surface area contributed by atoms with Gasteiger partial charge in [0.25, 0.3) is 0 Å². The minimum atomic E-state index is -0.364. The third-order valence-corrected chi connectivity index (χ3v) is 5.47. The number of rotatable bonds is 4. The maximum atomic E-state index is 13.1. The van der Waals surface area contributed by atoms with E-state index in [0.717, 1.165) is 24.1 Å². The topological polar surface area (TPSA) is 30.7 Å². The van der Waals surface area contributed by atoms with E-state index in [4.69, 9.17) is 4.74 Å². The van der Waals surface area contributed by atoms with Crippen molar-refractivity contribution in [3.8, 4) is 0 Å². The molecule has 3 nitrogen and oxygen atoms in total.